The van der Waals surface area contributed by atoms with Gasteiger partial charge < -0.3 is 15.4 Å². The van der Waals surface area contributed by atoms with Gasteiger partial charge in [0.05, 0.1) is 16.8 Å². The van der Waals surface area contributed by atoms with Crippen LogP contribution >= 0.6 is 11.6 Å². The molecular weight excluding hydrogens is 328 g/mol. The molecule has 0 spiro atoms. The molecule has 0 unspecified atom stereocenters. The average molecular weight is 347 g/mol. The summed E-state index contributed by atoms with van der Waals surface area (Å²) < 4.78 is 5.53. The smallest absolute Gasteiger partial charge is 0.233 e. The lowest BCUT2D eigenvalue weighted by atomic mass is 10.2. The summed E-state index contributed by atoms with van der Waals surface area (Å²) in [6.07, 6.45) is -0.214. The zero-order valence-corrected chi connectivity index (χ0v) is 14.3. The molecule has 0 atom stereocenters. The molecule has 0 saturated heterocycles. The standard InChI is InChI=1S/C18H19ClN2O3/c1-12(2)24-14-9-7-13(8-10-14)20-17(22)11-18(23)21-16-6-4-3-5-15(16)19/h3-10,12H,11H2,1-2H3,(H,20,22)(H,21,23). The van der Waals surface area contributed by atoms with Gasteiger partial charge in [0.25, 0.3) is 0 Å². The van der Waals surface area contributed by atoms with Crippen LogP contribution in [-0.4, -0.2) is 17.9 Å². The van der Waals surface area contributed by atoms with E-state index in [1.54, 1.807) is 48.5 Å². The van der Waals surface area contributed by atoms with E-state index in [0.717, 1.165) is 5.75 Å². The van der Waals surface area contributed by atoms with E-state index in [2.05, 4.69) is 10.6 Å². The molecule has 0 aliphatic heterocycles. The van der Waals surface area contributed by atoms with Crippen molar-refractivity contribution in [1.29, 1.82) is 0 Å². The molecule has 0 radical (unpaired) electrons. The van der Waals surface area contributed by atoms with Crippen LogP contribution in [0.5, 0.6) is 5.75 Å². The number of carbonyl (C=O) groups is 2. The first kappa shape index (κ1) is 17.8. The second kappa shape index (κ2) is 8.36. The number of ether oxygens (including phenoxy) is 1. The molecule has 2 amide bonds. The van der Waals surface area contributed by atoms with Gasteiger partial charge in [-0.3, -0.25) is 9.59 Å². The highest BCUT2D eigenvalue weighted by molar-refractivity contribution is 6.33. The van der Waals surface area contributed by atoms with Gasteiger partial charge in [-0.05, 0) is 50.2 Å². The Morgan fingerprint density at radius 3 is 2.25 bits per heavy atom. The van der Waals surface area contributed by atoms with E-state index >= 15 is 0 Å². The van der Waals surface area contributed by atoms with Gasteiger partial charge in [-0.2, -0.15) is 0 Å². The minimum absolute atomic E-state index is 0.0824. The Kier molecular flexibility index (Phi) is 6.21. The van der Waals surface area contributed by atoms with Crippen molar-refractivity contribution in [2.24, 2.45) is 0 Å². The maximum Gasteiger partial charge on any atom is 0.233 e. The summed E-state index contributed by atoms with van der Waals surface area (Å²) in [5.74, 6) is -0.114. The molecule has 5 nitrogen and oxygen atoms in total. The molecule has 0 heterocycles. The molecule has 126 valence electrons. The Balaban J connectivity index is 1.86. The van der Waals surface area contributed by atoms with Gasteiger partial charge >= 0.3 is 0 Å². The summed E-state index contributed by atoms with van der Waals surface area (Å²) in [5, 5.41) is 5.69. The fourth-order valence-electron chi connectivity index (χ4n) is 2.00. The van der Waals surface area contributed by atoms with E-state index in [4.69, 9.17) is 16.3 Å². The Morgan fingerprint density at radius 2 is 1.62 bits per heavy atom. The fourth-order valence-corrected chi connectivity index (χ4v) is 2.18. The number of halogens is 1. The highest BCUT2D eigenvalue weighted by atomic mass is 35.5. The van der Waals surface area contributed by atoms with Gasteiger partial charge in [-0.1, -0.05) is 23.7 Å². The number of carbonyl (C=O) groups excluding carboxylic acids is 2. The van der Waals surface area contributed by atoms with Crippen LogP contribution in [0.4, 0.5) is 11.4 Å². The van der Waals surface area contributed by atoms with Crippen molar-refractivity contribution in [2.75, 3.05) is 10.6 Å². The van der Waals surface area contributed by atoms with Crippen molar-refractivity contribution < 1.29 is 14.3 Å². The quantitative estimate of drug-likeness (QED) is 0.774. The van der Waals surface area contributed by atoms with E-state index in [1.807, 2.05) is 13.8 Å². The molecule has 0 aromatic heterocycles. The Bertz CT molecular complexity index is 714. The topological polar surface area (TPSA) is 67.4 Å². The van der Waals surface area contributed by atoms with Crippen molar-refractivity contribution in [1.82, 2.24) is 0 Å². The van der Waals surface area contributed by atoms with Crippen molar-refractivity contribution in [3.8, 4) is 5.75 Å². The Hall–Kier alpha value is -2.53. The molecule has 0 bridgehead atoms. The van der Waals surface area contributed by atoms with Crippen LogP contribution in [0.2, 0.25) is 5.02 Å². The SMILES string of the molecule is CC(C)Oc1ccc(NC(=O)CC(=O)Nc2ccccc2Cl)cc1. The fraction of sp³-hybridized carbons (Fsp3) is 0.222. The van der Waals surface area contributed by atoms with Gasteiger partial charge in [-0.15, -0.1) is 0 Å². The molecule has 0 aliphatic carbocycles. The maximum absolute atomic E-state index is 11.9. The maximum atomic E-state index is 11.9. The van der Waals surface area contributed by atoms with Crippen LogP contribution in [0.15, 0.2) is 48.5 Å². The summed E-state index contributed by atoms with van der Waals surface area (Å²) in [5.41, 5.74) is 1.08. The van der Waals surface area contributed by atoms with Crippen molar-refractivity contribution in [3.05, 3.63) is 53.6 Å². The number of benzene rings is 2. The van der Waals surface area contributed by atoms with Crippen LogP contribution in [0.3, 0.4) is 0 Å². The zero-order valence-electron chi connectivity index (χ0n) is 13.5. The molecule has 0 fully saturated rings. The van der Waals surface area contributed by atoms with E-state index in [-0.39, 0.29) is 12.5 Å². The molecule has 24 heavy (non-hydrogen) atoms. The molecule has 2 aromatic carbocycles. The first-order valence-electron chi connectivity index (χ1n) is 7.55. The Labute approximate surface area is 146 Å². The number of rotatable bonds is 6. The molecular formula is C18H19ClN2O3. The highest BCUT2D eigenvalue weighted by Gasteiger charge is 2.11. The average Bonchev–Trinajstić information content (AvgIpc) is 2.51. The van der Waals surface area contributed by atoms with Gasteiger partial charge in [0.2, 0.25) is 11.8 Å². The summed E-state index contributed by atoms with van der Waals surface area (Å²) in [4.78, 5) is 23.8. The first-order valence-corrected chi connectivity index (χ1v) is 7.93. The third-order valence-electron chi connectivity index (χ3n) is 2.98. The van der Waals surface area contributed by atoms with E-state index in [1.165, 1.54) is 0 Å². The number of para-hydroxylation sites is 1. The van der Waals surface area contributed by atoms with Crippen molar-refractivity contribution in [2.45, 2.75) is 26.4 Å². The Morgan fingerprint density at radius 1 is 1.00 bits per heavy atom. The minimum Gasteiger partial charge on any atom is -0.491 e. The van der Waals surface area contributed by atoms with E-state index < -0.39 is 11.8 Å². The minimum atomic E-state index is -0.430. The highest BCUT2D eigenvalue weighted by Crippen LogP contribution is 2.21. The van der Waals surface area contributed by atoms with Gasteiger partial charge in [0.15, 0.2) is 0 Å². The summed E-state index contributed by atoms with van der Waals surface area (Å²) >= 11 is 5.96. The molecule has 2 aromatic rings. The lowest BCUT2D eigenvalue weighted by molar-refractivity contribution is -0.123. The molecule has 2 N–H and O–H groups in total. The summed E-state index contributed by atoms with van der Waals surface area (Å²) in [6.45, 7) is 3.88. The van der Waals surface area contributed by atoms with Gasteiger partial charge in [0.1, 0.15) is 12.2 Å². The van der Waals surface area contributed by atoms with Gasteiger partial charge in [-0.25, -0.2) is 0 Å². The normalized spacial score (nSPS) is 10.3. The first-order chi connectivity index (χ1) is 11.4. The monoisotopic (exact) mass is 346 g/mol. The third-order valence-corrected chi connectivity index (χ3v) is 3.31. The third kappa shape index (κ3) is 5.59. The lowest BCUT2D eigenvalue weighted by Crippen LogP contribution is -2.21. The van der Waals surface area contributed by atoms with Crippen LogP contribution in [0.25, 0.3) is 0 Å². The summed E-state index contributed by atoms with van der Waals surface area (Å²) in [7, 11) is 0. The number of anilines is 2. The van der Waals surface area contributed by atoms with Crippen LogP contribution in [-0.2, 0) is 9.59 Å². The number of hydrogen-bond donors (Lipinski definition) is 2. The molecule has 0 aliphatic rings. The van der Waals surface area contributed by atoms with Crippen molar-refractivity contribution in [3.63, 3.8) is 0 Å². The number of hydrogen-bond acceptors (Lipinski definition) is 3. The predicted molar refractivity (Wildman–Crippen MR) is 95.5 cm³/mol. The molecule has 2 rings (SSSR count). The number of nitrogens with one attached hydrogen (secondary N) is 2. The zero-order chi connectivity index (χ0) is 17.5. The second-order valence-electron chi connectivity index (χ2n) is 5.44. The van der Waals surface area contributed by atoms with E-state index in [9.17, 15) is 9.59 Å². The second-order valence-corrected chi connectivity index (χ2v) is 5.85. The van der Waals surface area contributed by atoms with E-state index in [0.29, 0.717) is 16.4 Å². The largest absolute Gasteiger partial charge is 0.491 e. The number of amides is 2. The molecule has 6 heteroatoms. The predicted octanol–water partition coefficient (Wildman–Crippen LogP) is 4.09. The van der Waals surface area contributed by atoms with Crippen LogP contribution in [0, 0.1) is 0 Å². The summed E-state index contributed by atoms with van der Waals surface area (Å²) in [6, 6.07) is 13.8. The lowest BCUT2D eigenvalue weighted by Gasteiger charge is -2.11. The van der Waals surface area contributed by atoms with Crippen LogP contribution in [0.1, 0.15) is 20.3 Å². The molecule has 0 saturated carbocycles. The van der Waals surface area contributed by atoms with Crippen molar-refractivity contribution >= 4 is 34.8 Å². The van der Waals surface area contributed by atoms with Crippen LogP contribution < -0.4 is 15.4 Å². The van der Waals surface area contributed by atoms with Gasteiger partial charge in [0, 0.05) is 5.69 Å².